The maximum atomic E-state index is 11.4. The maximum absolute atomic E-state index is 11.4. The second kappa shape index (κ2) is 6.75. The van der Waals surface area contributed by atoms with Crippen molar-refractivity contribution in [1.82, 2.24) is 14.6 Å². The largest absolute Gasteiger partial charge is 0.508 e. The van der Waals surface area contributed by atoms with E-state index >= 15 is 0 Å². The van der Waals surface area contributed by atoms with Gasteiger partial charge in [-0.25, -0.2) is 14.3 Å². The number of rotatable bonds is 4. The second-order valence-electron chi connectivity index (χ2n) is 5.65. The fourth-order valence-corrected chi connectivity index (χ4v) is 2.80. The van der Waals surface area contributed by atoms with Crippen molar-refractivity contribution >= 4 is 17.5 Å². The summed E-state index contributed by atoms with van der Waals surface area (Å²) in [5.74, 6) is 0.219. The predicted octanol–water partition coefficient (Wildman–Crippen LogP) is -0.460. The summed E-state index contributed by atoms with van der Waals surface area (Å²) in [6, 6.07) is 4.98. The molecule has 0 radical (unpaired) electrons. The molecule has 0 saturated carbocycles. The summed E-state index contributed by atoms with van der Waals surface area (Å²) in [5, 5.41) is 34.3. The highest BCUT2D eigenvalue weighted by molar-refractivity contribution is 5.65. The van der Waals surface area contributed by atoms with E-state index in [4.69, 9.17) is 15.2 Å². The Morgan fingerprint density at radius 3 is 2.96 bits per heavy atom. The quantitative estimate of drug-likeness (QED) is 0.605. The highest BCUT2D eigenvalue weighted by Crippen LogP contribution is 2.40. The fourth-order valence-electron chi connectivity index (χ4n) is 2.80. The van der Waals surface area contributed by atoms with Gasteiger partial charge in [-0.05, 0) is 19.1 Å². The van der Waals surface area contributed by atoms with Gasteiger partial charge in [0.05, 0.1) is 12.3 Å². The molecule has 1 saturated heterocycles. The monoisotopic (exact) mass is 363 g/mol. The number of carbonyl (C=O) groups is 1. The van der Waals surface area contributed by atoms with Crippen LogP contribution in [0.3, 0.4) is 0 Å². The average molecular weight is 363 g/mol. The first-order valence-electron chi connectivity index (χ1n) is 7.76. The van der Waals surface area contributed by atoms with Crippen molar-refractivity contribution in [2.75, 3.05) is 18.9 Å². The minimum atomic E-state index is -1.96. The number of hydrogen-bond donors (Lipinski definition) is 3. The van der Waals surface area contributed by atoms with Gasteiger partial charge in [0.25, 0.3) is 0 Å². The average Bonchev–Trinajstić information content (AvgIpc) is 3.16. The molecule has 3 rings (SSSR count). The van der Waals surface area contributed by atoms with Crippen LogP contribution in [0.1, 0.15) is 18.7 Å². The van der Waals surface area contributed by atoms with Crippen LogP contribution >= 0.6 is 0 Å². The molecule has 0 amide bonds. The van der Waals surface area contributed by atoms with E-state index < -0.39 is 36.7 Å². The zero-order valence-corrected chi connectivity index (χ0v) is 13.8. The van der Waals surface area contributed by atoms with Crippen LogP contribution in [0.5, 0.6) is 0 Å². The van der Waals surface area contributed by atoms with Crippen LogP contribution in [-0.4, -0.2) is 62.0 Å². The molecule has 0 aliphatic carbocycles. The van der Waals surface area contributed by atoms with Crippen LogP contribution in [0, 0.1) is 11.3 Å². The number of nitrogens with zero attached hydrogens (tertiary/aromatic N) is 4. The van der Waals surface area contributed by atoms with Gasteiger partial charge in [0.2, 0.25) is 5.60 Å². The van der Waals surface area contributed by atoms with Crippen molar-refractivity contribution in [3.8, 4) is 6.07 Å². The molecule has 11 nitrogen and oxygen atoms in total. The number of hydrogen-bond acceptors (Lipinski definition) is 10. The third-order valence-corrected chi connectivity index (χ3v) is 4.11. The summed E-state index contributed by atoms with van der Waals surface area (Å²) in [7, 11) is 0. The number of nitriles is 1. The standard InChI is InChI=1S/C15H17N5O6/c1-2-24-14(23)25-6-15(5-16)12(22)10(21)11(26-15)8-3-4-9-13(17)18-7-19-20(8)9/h3-4,7,10-12,21-22H,2,6H2,1H3,(H2,17,18,19)/t10-,11-,12-,15+/m0/s1. The number of fused-ring (bicyclic) bond motifs is 1. The first-order valence-corrected chi connectivity index (χ1v) is 7.76. The Morgan fingerprint density at radius 1 is 1.50 bits per heavy atom. The molecule has 0 bridgehead atoms. The van der Waals surface area contributed by atoms with E-state index in [1.807, 2.05) is 0 Å². The van der Waals surface area contributed by atoms with E-state index in [0.29, 0.717) is 11.2 Å². The Kier molecular flexibility index (Phi) is 4.64. The molecule has 2 aromatic heterocycles. The first kappa shape index (κ1) is 17.9. The van der Waals surface area contributed by atoms with Crippen molar-refractivity contribution in [1.29, 1.82) is 5.26 Å². The molecule has 3 heterocycles. The van der Waals surface area contributed by atoms with E-state index in [1.165, 1.54) is 10.8 Å². The molecule has 0 aromatic carbocycles. The topological polar surface area (TPSA) is 165 Å². The number of ether oxygens (including phenoxy) is 3. The van der Waals surface area contributed by atoms with Gasteiger partial charge in [-0.3, -0.25) is 0 Å². The smallest absolute Gasteiger partial charge is 0.435 e. The number of aliphatic hydroxyl groups excluding tert-OH is 2. The number of carbonyl (C=O) groups excluding carboxylic acids is 1. The minimum absolute atomic E-state index is 0.0876. The van der Waals surface area contributed by atoms with Gasteiger partial charge in [0.1, 0.15) is 42.8 Å². The minimum Gasteiger partial charge on any atom is -0.435 e. The SMILES string of the molecule is CCOC(=O)OC[C@@]1(C#N)O[C@@H](c2ccc3c(N)ncnn23)[C@H](O)[C@@H]1O. The number of nitrogens with two attached hydrogens (primary N) is 1. The lowest BCUT2D eigenvalue weighted by Crippen LogP contribution is -2.46. The molecule has 1 aliphatic heterocycles. The number of aromatic nitrogens is 3. The van der Waals surface area contributed by atoms with Crippen LogP contribution in [-0.2, 0) is 14.2 Å². The summed E-state index contributed by atoms with van der Waals surface area (Å²) in [5.41, 5.74) is 4.64. The lowest BCUT2D eigenvalue weighted by molar-refractivity contribution is -0.0852. The van der Waals surface area contributed by atoms with E-state index in [2.05, 4.69) is 14.8 Å². The Bertz CT molecular complexity index is 864. The highest BCUT2D eigenvalue weighted by Gasteiger charge is 2.57. The highest BCUT2D eigenvalue weighted by atomic mass is 16.7. The van der Waals surface area contributed by atoms with Crippen LogP contribution in [0.2, 0.25) is 0 Å². The second-order valence-corrected chi connectivity index (χ2v) is 5.65. The molecule has 4 atom stereocenters. The molecular weight excluding hydrogens is 346 g/mol. The molecule has 11 heteroatoms. The van der Waals surface area contributed by atoms with Gasteiger partial charge in [0.15, 0.2) is 5.82 Å². The lowest BCUT2D eigenvalue weighted by atomic mass is 9.96. The third kappa shape index (κ3) is 2.80. The van der Waals surface area contributed by atoms with Crippen molar-refractivity contribution in [2.45, 2.75) is 30.8 Å². The van der Waals surface area contributed by atoms with Crippen molar-refractivity contribution in [3.63, 3.8) is 0 Å². The molecule has 4 N–H and O–H groups in total. The predicted molar refractivity (Wildman–Crippen MR) is 84.6 cm³/mol. The van der Waals surface area contributed by atoms with Gasteiger partial charge < -0.3 is 30.2 Å². The van der Waals surface area contributed by atoms with Gasteiger partial charge >= 0.3 is 6.16 Å². The summed E-state index contributed by atoms with van der Waals surface area (Å²) in [6.07, 6.45) is -3.98. The van der Waals surface area contributed by atoms with Crippen LogP contribution in [0.4, 0.5) is 10.6 Å². The molecular formula is C15H17N5O6. The Balaban J connectivity index is 1.89. The summed E-state index contributed by atoms with van der Waals surface area (Å²) < 4.78 is 16.5. The third-order valence-electron chi connectivity index (χ3n) is 4.11. The molecule has 26 heavy (non-hydrogen) atoms. The molecule has 138 valence electrons. The number of aliphatic hydroxyl groups is 2. The molecule has 1 fully saturated rings. The number of nitrogen functional groups attached to an aromatic ring is 1. The summed E-state index contributed by atoms with van der Waals surface area (Å²) in [6.45, 7) is 1.06. The Morgan fingerprint density at radius 2 is 2.27 bits per heavy atom. The van der Waals surface area contributed by atoms with E-state index in [-0.39, 0.29) is 12.4 Å². The normalized spacial score (nSPS) is 28.0. The van der Waals surface area contributed by atoms with Crippen molar-refractivity contribution < 1.29 is 29.2 Å². The van der Waals surface area contributed by atoms with Gasteiger partial charge in [-0.2, -0.15) is 10.4 Å². The van der Waals surface area contributed by atoms with Crippen molar-refractivity contribution in [3.05, 3.63) is 24.2 Å². The van der Waals surface area contributed by atoms with Gasteiger partial charge in [-0.1, -0.05) is 0 Å². The maximum Gasteiger partial charge on any atom is 0.508 e. The van der Waals surface area contributed by atoms with Gasteiger partial charge in [0, 0.05) is 0 Å². The zero-order chi connectivity index (χ0) is 18.9. The van der Waals surface area contributed by atoms with Crippen LogP contribution in [0.25, 0.3) is 5.52 Å². The first-order chi connectivity index (χ1) is 12.4. The lowest BCUT2D eigenvalue weighted by Gasteiger charge is -2.23. The molecule has 2 aromatic rings. The van der Waals surface area contributed by atoms with Crippen LogP contribution < -0.4 is 5.73 Å². The van der Waals surface area contributed by atoms with Crippen molar-refractivity contribution in [2.24, 2.45) is 0 Å². The molecule has 1 aliphatic rings. The van der Waals surface area contributed by atoms with E-state index in [1.54, 1.807) is 25.1 Å². The Hall–Kier alpha value is -2.94. The Labute approximate surface area is 147 Å². The molecule has 0 spiro atoms. The zero-order valence-electron chi connectivity index (χ0n) is 13.8. The summed E-state index contributed by atoms with van der Waals surface area (Å²) in [4.78, 5) is 15.2. The number of anilines is 1. The summed E-state index contributed by atoms with van der Waals surface area (Å²) >= 11 is 0. The molecule has 0 unspecified atom stereocenters. The fraction of sp³-hybridized carbons (Fsp3) is 0.467. The van der Waals surface area contributed by atoms with Gasteiger partial charge in [-0.15, -0.1) is 0 Å². The van der Waals surface area contributed by atoms with E-state index in [9.17, 15) is 20.3 Å². The van der Waals surface area contributed by atoms with Crippen LogP contribution in [0.15, 0.2) is 18.5 Å². The van der Waals surface area contributed by atoms with E-state index in [0.717, 1.165) is 0 Å².